The summed E-state index contributed by atoms with van der Waals surface area (Å²) in [5, 5.41) is 12.9. The summed E-state index contributed by atoms with van der Waals surface area (Å²) in [4.78, 5) is 28.0. The Morgan fingerprint density at radius 2 is 1.58 bits per heavy atom. The summed E-state index contributed by atoms with van der Waals surface area (Å²) in [6, 6.07) is 7.54. The zero-order valence-electron chi connectivity index (χ0n) is 31.2. The molecule has 4 fully saturated rings. The van der Waals surface area contributed by atoms with Crippen LogP contribution in [0.25, 0.3) is 5.57 Å². The molecule has 5 aliphatic rings. The minimum Gasteiger partial charge on any atom is -0.478 e. The van der Waals surface area contributed by atoms with Crippen molar-refractivity contribution in [2.45, 2.75) is 99.3 Å². The summed E-state index contributed by atoms with van der Waals surface area (Å²) in [5.74, 6) is 1.71. The molecular weight excluding hydrogens is 592 g/mol. The van der Waals surface area contributed by atoms with Crippen LogP contribution < -0.4 is 5.32 Å². The quantitative estimate of drug-likeness (QED) is 0.274. The van der Waals surface area contributed by atoms with Gasteiger partial charge in [0.05, 0.1) is 11.0 Å². The zero-order chi connectivity index (χ0) is 35.0. The molecular formula is C43H62N2O3. The molecule has 5 nitrogen and oxygen atoms in total. The van der Waals surface area contributed by atoms with Crippen molar-refractivity contribution in [2.24, 2.45) is 56.7 Å². The summed E-state index contributed by atoms with van der Waals surface area (Å²) < 4.78 is 0. The highest BCUT2D eigenvalue weighted by molar-refractivity contribution is 5.88. The predicted molar refractivity (Wildman–Crippen MR) is 196 cm³/mol. The van der Waals surface area contributed by atoms with Gasteiger partial charge in [0, 0.05) is 13.1 Å². The molecule has 48 heavy (non-hydrogen) atoms. The Balaban J connectivity index is 1.35. The Morgan fingerprint density at radius 1 is 0.896 bits per heavy atom. The van der Waals surface area contributed by atoms with Crippen molar-refractivity contribution >= 4 is 17.4 Å². The number of carbonyl (C=O) groups excluding carboxylic acids is 1. The van der Waals surface area contributed by atoms with Crippen molar-refractivity contribution in [3.8, 4) is 0 Å². The Labute approximate surface area is 290 Å². The van der Waals surface area contributed by atoms with Gasteiger partial charge in [-0.3, -0.25) is 4.79 Å². The van der Waals surface area contributed by atoms with E-state index in [0.29, 0.717) is 47.6 Å². The van der Waals surface area contributed by atoms with E-state index in [1.54, 1.807) is 12.1 Å². The van der Waals surface area contributed by atoms with Gasteiger partial charge in [0.1, 0.15) is 0 Å². The molecule has 0 aromatic heterocycles. The van der Waals surface area contributed by atoms with E-state index < -0.39 is 5.97 Å². The van der Waals surface area contributed by atoms with Gasteiger partial charge >= 0.3 is 5.97 Å². The third-order valence-electron chi connectivity index (χ3n) is 15.7. The van der Waals surface area contributed by atoms with Crippen LogP contribution in [-0.2, 0) is 4.79 Å². The third kappa shape index (κ3) is 5.03. The molecule has 1 aromatic carbocycles. The van der Waals surface area contributed by atoms with E-state index in [9.17, 15) is 14.7 Å². The molecule has 6 rings (SSSR count). The molecule has 2 N–H and O–H groups in total. The number of amides is 1. The second-order valence-corrected chi connectivity index (χ2v) is 18.3. The minimum atomic E-state index is -0.876. The number of nitrogens with zero attached hydrogens (tertiary/aromatic N) is 1. The van der Waals surface area contributed by atoms with Crippen LogP contribution in [-0.4, -0.2) is 49.1 Å². The Hall–Kier alpha value is -2.66. The topological polar surface area (TPSA) is 69.6 Å². The number of carbonyl (C=O) groups is 2. The first-order chi connectivity index (χ1) is 22.4. The maximum Gasteiger partial charge on any atom is 0.335 e. The van der Waals surface area contributed by atoms with Crippen molar-refractivity contribution in [3.05, 3.63) is 65.8 Å². The number of benzene rings is 1. The van der Waals surface area contributed by atoms with Crippen molar-refractivity contribution in [1.29, 1.82) is 0 Å². The third-order valence-corrected chi connectivity index (χ3v) is 15.7. The molecule has 0 radical (unpaired) electrons. The van der Waals surface area contributed by atoms with Gasteiger partial charge in [-0.15, -0.1) is 0 Å². The van der Waals surface area contributed by atoms with E-state index in [0.717, 1.165) is 49.8 Å². The average molecular weight is 655 g/mol. The number of hydrogen-bond donors (Lipinski definition) is 2. The van der Waals surface area contributed by atoms with E-state index in [2.05, 4.69) is 85.1 Å². The van der Waals surface area contributed by atoms with Crippen LogP contribution in [0.2, 0.25) is 0 Å². The highest BCUT2D eigenvalue weighted by atomic mass is 16.4. The van der Waals surface area contributed by atoms with Crippen molar-refractivity contribution < 1.29 is 14.7 Å². The van der Waals surface area contributed by atoms with Crippen LogP contribution >= 0.6 is 0 Å². The molecule has 0 unspecified atom stereocenters. The number of fused-ring (bicyclic) bond motifs is 7. The lowest BCUT2D eigenvalue weighted by Crippen LogP contribution is -2.66. The van der Waals surface area contributed by atoms with Gasteiger partial charge in [-0.1, -0.05) is 71.6 Å². The number of likely N-dealkylation sites (N-methyl/N-ethyl adjacent to an activating group) is 1. The monoisotopic (exact) mass is 654 g/mol. The van der Waals surface area contributed by atoms with Crippen molar-refractivity contribution in [3.63, 3.8) is 0 Å². The van der Waals surface area contributed by atoms with Crippen molar-refractivity contribution in [1.82, 2.24) is 10.2 Å². The predicted octanol–water partition coefficient (Wildman–Crippen LogP) is 9.27. The minimum absolute atomic E-state index is 0.0149. The normalized spacial score (nSPS) is 39.7. The van der Waals surface area contributed by atoms with Gasteiger partial charge in [0.15, 0.2) is 0 Å². The van der Waals surface area contributed by atoms with E-state index >= 15 is 0 Å². The van der Waals surface area contributed by atoms with Crippen LogP contribution in [0.1, 0.15) is 115 Å². The molecule has 0 bridgehead atoms. The molecule has 0 heterocycles. The van der Waals surface area contributed by atoms with Gasteiger partial charge < -0.3 is 15.3 Å². The number of allylic oxidation sites excluding steroid dienone is 4. The summed E-state index contributed by atoms with van der Waals surface area (Å²) >= 11 is 0. The number of rotatable bonds is 8. The van der Waals surface area contributed by atoms with Crippen molar-refractivity contribution in [2.75, 3.05) is 27.2 Å². The number of carboxylic acids is 1. The van der Waals surface area contributed by atoms with E-state index in [1.807, 2.05) is 12.1 Å². The highest BCUT2D eigenvalue weighted by Crippen LogP contribution is 2.77. The molecule has 9 atom stereocenters. The standard InChI is InChI=1S/C43H62N2O3/c1-27(2)28(3)31-17-22-43(38(48)44-25-26-45(9)10)24-23-41(7)33(36(31)43)15-16-35-40(6)20-18-32(29-11-13-30(14-12-29)37(46)47)39(4,5)34(40)19-21-42(35,41)8/h11-14,18,31,33-36H,1,3,15-17,19-26H2,2,4-10H3,(H,44,48)(H,46,47)/t31-,33+,34-,35+,36+,40-,41+,42+,43-/m0/s1. The second-order valence-electron chi connectivity index (χ2n) is 18.3. The largest absolute Gasteiger partial charge is 0.478 e. The van der Waals surface area contributed by atoms with Crippen LogP contribution in [0.4, 0.5) is 0 Å². The zero-order valence-corrected chi connectivity index (χ0v) is 31.2. The van der Waals surface area contributed by atoms with Gasteiger partial charge in [-0.2, -0.15) is 0 Å². The van der Waals surface area contributed by atoms with Crippen LogP contribution in [0, 0.1) is 56.7 Å². The summed E-state index contributed by atoms with van der Waals surface area (Å²) in [7, 11) is 4.14. The van der Waals surface area contributed by atoms with E-state index in [4.69, 9.17) is 0 Å². The molecule has 1 aromatic rings. The number of carboxylic acid groups (broad SMARTS) is 1. The van der Waals surface area contributed by atoms with Gasteiger partial charge in [0.25, 0.3) is 0 Å². The SMILES string of the molecule is C=C(C)C(=C)[C@@H]1CC[C@]2(C(=O)NCCN(C)C)CC[C@]3(C)[C@H](CC[C@@H]4[C@@]5(C)CC=C(c6ccc(C(=O)O)cc6)C(C)(C)[C@@H]5CC[C@]43C)[C@@H]12. The molecule has 5 aliphatic carbocycles. The maximum absolute atomic E-state index is 14.4. The van der Waals surface area contributed by atoms with Gasteiger partial charge in [-0.05, 0) is 159 Å². The van der Waals surface area contributed by atoms with Gasteiger partial charge in [0.2, 0.25) is 5.91 Å². The molecule has 262 valence electrons. The smallest absolute Gasteiger partial charge is 0.335 e. The molecule has 0 aliphatic heterocycles. The lowest BCUT2D eigenvalue weighted by atomic mass is 9.32. The fourth-order valence-electron chi connectivity index (χ4n) is 13.1. The Kier molecular flexibility index (Phi) is 8.79. The molecule has 1 amide bonds. The first-order valence-corrected chi connectivity index (χ1v) is 18.8. The highest BCUT2D eigenvalue weighted by Gasteiger charge is 2.71. The first kappa shape index (κ1) is 35.2. The summed E-state index contributed by atoms with van der Waals surface area (Å²) in [6.45, 7) is 25.4. The lowest BCUT2D eigenvalue weighted by Gasteiger charge is -2.72. The molecule has 0 spiro atoms. The molecule has 0 saturated heterocycles. The van der Waals surface area contributed by atoms with Crippen LogP contribution in [0.5, 0.6) is 0 Å². The second kappa shape index (κ2) is 12.0. The number of hydrogen-bond acceptors (Lipinski definition) is 3. The lowest BCUT2D eigenvalue weighted by molar-refractivity contribution is -0.225. The fourth-order valence-corrected chi connectivity index (χ4v) is 13.1. The van der Waals surface area contributed by atoms with Crippen LogP contribution in [0.15, 0.2) is 54.6 Å². The Bertz CT molecular complexity index is 1520. The number of aromatic carboxylic acids is 1. The van der Waals surface area contributed by atoms with Crippen LogP contribution in [0.3, 0.4) is 0 Å². The molecule has 5 heteroatoms. The average Bonchev–Trinajstić information content (AvgIpc) is 3.41. The number of nitrogens with one attached hydrogen (secondary N) is 1. The fraction of sp³-hybridized carbons (Fsp3) is 0.674. The van der Waals surface area contributed by atoms with E-state index in [-0.39, 0.29) is 27.1 Å². The first-order valence-electron chi connectivity index (χ1n) is 18.8. The maximum atomic E-state index is 14.4. The van der Waals surface area contributed by atoms with Gasteiger partial charge in [-0.25, -0.2) is 4.79 Å². The summed E-state index contributed by atoms with van der Waals surface area (Å²) in [6.07, 6.45) is 12.5. The summed E-state index contributed by atoms with van der Waals surface area (Å²) in [5.41, 5.74) is 5.33. The van der Waals surface area contributed by atoms with E-state index in [1.165, 1.54) is 36.8 Å². The Morgan fingerprint density at radius 3 is 2.21 bits per heavy atom. The molecule has 4 saturated carbocycles.